The maximum Gasteiger partial charge on any atom is 0.547 e. The second kappa shape index (κ2) is 11.5. The van der Waals surface area contributed by atoms with Gasteiger partial charge in [0.1, 0.15) is 17.6 Å². The summed E-state index contributed by atoms with van der Waals surface area (Å²) in [5, 5.41) is 33.4. The number of benzene rings is 3. The zero-order chi connectivity index (χ0) is 30.1. The second-order valence-electron chi connectivity index (χ2n) is 9.25. The molecule has 0 bridgehead atoms. The van der Waals surface area contributed by atoms with Gasteiger partial charge in [-0.1, -0.05) is 24.3 Å². The number of carbonyl (C=O) groups is 3. The maximum absolute atomic E-state index is 14.7. The van der Waals surface area contributed by atoms with Gasteiger partial charge in [0.25, 0.3) is 5.91 Å². The molecule has 0 radical (unpaired) electrons. The number of halogens is 1. The fourth-order valence-electron chi connectivity index (χ4n) is 4.38. The molecule has 0 fully saturated rings. The van der Waals surface area contributed by atoms with Crippen LogP contribution in [0.1, 0.15) is 49.0 Å². The van der Waals surface area contributed by atoms with Crippen molar-refractivity contribution >= 4 is 37.8 Å². The lowest BCUT2D eigenvalue weighted by molar-refractivity contribution is -0.123. The first-order chi connectivity index (χ1) is 19.3. The van der Waals surface area contributed by atoms with E-state index < -0.39 is 55.6 Å². The van der Waals surface area contributed by atoms with Gasteiger partial charge in [-0.05, 0) is 60.4 Å². The minimum atomic E-state index is -4.99. The smallest absolute Gasteiger partial charge is 0.534 e. The highest BCUT2D eigenvalue weighted by Crippen LogP contribution is 2.35. The lowest BCUT2D eigenvalue weighted by Gasteiger charge is -2.30. The summed E-state index contributed by atoms with van der Waals surface area (Å²) in [4.78, 5) is 56.9. The Morgan fingerprint density at radius 2 is 1.88 bits per heavy atom. The molecule has 2 atom stereocenters. The molecule has 6 N–H and O–H groups in total. The Bertz CT molecular complexity index is 1660. The topological polar surface area (TPSA) is 206 Å². The predicted octanol–water partition coefficient (Wildman–Crippen LogP) is 1.12. The average molecular weight is 581 g/mol. The van der Waals surface area contributed by atoms with Gasteiger partial charge in [0.05, 0.1) is 34.0 Å². The molecule has 1 heterocycles. The third kappa shape index (κ3) is 6.29. The predicted molar refractivity (Wildman–Crippen MR) is 142 cm³/mol. The van der Waals surface area contributed by atoms with Crippen molar-refractivity contribution < 1.29 is 47.9 Å². The Labute approximate surface area is 232 Å². The van der Waals surface area contributed by atoms with Crippen LogP contribution >= 0.6 is 7.60 Å². The summed E-state index contributed by atoms with van der Waals surface area (Å²) in [6, 6.07) is 11.4. The van der Waals surface area contributed by atoms with Gasteiger partial charge in [-0.3, -0.25) is 14.2 Å². The molecule has 4 rings (SSSR count). The van der Waals surface area contributed by atoms with E-state index in [2.05, 4.69) is 10.6 Å². The SMILES string of the molecule is Cc1ccc(C(=O)N[C@@H](C(=O)N[C@H]2Cc3cccc(C(=O)O)c3OB2O)c2ccc(P(=O)(O)O)c(F)c2)c(C#N)c1. The minimum Gasteiger partial charge on any atom is -0.534 e. The number of aromatic carboxylic acids is 1. The first-order valence-corrected chi connectivity index (χ1v) is 13.6. The van der Waals surface area contributed by atoms with Crippen LogP contribution in [0.4, 0.5) is 4.39 Å². The molecule has 3 aromatic carbocycles. The van der Waals surface area contributed by atoms with Crippen LogP contribution in [0.5, 0.6) is 5.75 Å². The van der Waals surface area contributed by atoms with Crippen molar-refractivity contribution in [1.82, 2.24) is 10.6 Å². The number of amides is 2. The number of hydrogen-bond donors (Lipinski definition) is 6. The second-order valence-corrected chi connectivity index (χ2v) is 10.8. The van der Waals surface area contributed by atoms with Crippen LogP contribution in [0.2, 0.25) is 0 Å². The van der Waals surface area contributed by atoms with Crippen LogP contribution < -0.4 is 20.6 Å². The number of fused-ring (bicyclic) bond motifs is 1. The Balaban J connectivity index is 1.67. The van der Waals surface area contributed by atoms with Gasteiger partial charge in [0, 0.05) is 0 Å². The zero-order valence-corrected chi connectivity index (χ0v) is 22.1. The molecular formula is C26H22BFN3O9P. The van der Waals surface area contributed by atoms with Crippen LogP contribution in [0, 0.1) is 24.1 Å². The molecule has 0 spiro atoms. The number of hydrogen-bond acceptors (Lipinski definition) is 7. The Hall–Kier alpha value is -4.54. The summed E-state index contributed by atoms with van der Waals surface area (Å²) in [5.74, 6) is -5.65. The molecule has 15 heteroatoms. The molecule has 1 aliphatic rings. The number of nitriles is 1. The standard InChI is InChI=1S/C26H22BFN3O9P/c1-13-5-7-17(16(9-13)12-29)24(32)31-22(14-6-8-20(19(28)10-14)41(37,38)39)25(33)30-21-11-15-3-2-4-18(26(34)35)23(15)40-27(21)36/h2-10,21-22,36H,11H2,1H3,(H,30,33)(H,31,32)(H,34,35)(H2,37,38,39)/t21-,22+/m0/s1. The number of carboxylic acids is 1. The minimum absolute atomic E-state index is 0.00614. The average Bonchev–Trinajstić information content (AvgIpc) is 2.90. The van der Waals surface area contributed by atoms with E-state index in [9.17, 15) is 48.5 Å². The van der Waals surface area contributed by atoms with E-state index in [1.54, 1.807) is 19.1 Å². The quantitative estimate of drug-likeness (QED) is 0.173. The summed E-state index contributed by atoms with van der Waals surface area (Å²) in [5.41, 5.74) is 0.599. The van der Waals surface area contributed by atoms with Crippen LogP contribution in [0.25, 0.3) is 0 Å². The van der Waals surface area contributed by atoms with Crippen molar-refractivity contribution in [3.05, 3.63) is 93.8 Å². The van der Waals surface area contributed by atoms with Gasteiger partial charge >= 0.3 is 20.7 Å². The van der Waals surface area contributed by atoms with Crippen LogP contribution in [-0.2, 0) is 15.8 Å². The number of rotatable bonds is 7. The highest BCUT2D eigenvalue weighted by molar-refractivity contribution is 7.60. The molecule has 0 saturated heterocycles. The molecule has 3 aromatic rings. The first kappa shape index (κ1) is 29.4. The van der Waals surface area contributed by atoms with Crippen LogP contribution in [0.15, 0.2) is 54.6 Å². The Kier molecular flexibility index (Phi) is 8.28. The van der Waals surface area contributed by atoms with E-state index in [1.165, 1.54) is 24.3 Å². The molecule has 0 aliphatic carbocycles. The Morgan fingerprint density at radius 1 is 1.15 bits per heavy atom. The van der Waals surface area contributed by atoms with Crippen molar-refractivity contribution in [3.8, 4) is 11.8 Å². The number of nitrogens with one attached hydrogen (secondary N) is 2. The zero-order valence-electron chi connectivity index (χ0n) is 21.2. The number of carboxylic acid groups (broad SMARTS) is 1. The molecule has 12 nitrogen and oxygen atoms in total. The van der Waals surface area contributed by atoms with Crippen molar-refractivity contribution in [3.63, 3.8) is 0 Å². The van der Waals surface area contributed by atoms with E-state index in [0.717, 1.165) is 12.1 Å². The highest BCUT2D eigenvalue weighted by atomic mass is 31.2. The summed E-state index contributed by atoms with van der Waals surface area (Å²) in [7, 11) is -6.69. The van der Waals surface area contributed by atoms with Crippen LogP contribution in [-0.4, -0.2) is 50.8 Å². The van der Waals surface area contributed by atoms with Crippen molar-refractivity contribution in [1.29, 1.82) is 5.26 Å². The van der Waals surface area contributed by atoms with Gasteiger partial charge in [0.15, 0.2) is 0 Å². The van der Waals surface area contributed by atoms with Crippen molar-refractivity contribution in [2.45, 2.75) is 25.3 Å². The summed E-state index contributed by atoms with van der Waals surface area (Å²) >= 11 is 0. The lowest BCUT2D eigenvalue weighted by Crippen LogP contribution is -2.55. The largest absolute Gasteiger partial charge is 0.547 e. The van der Waals surface area contributed by atoms with E-state index in [1.807, 2.05) is 6.07 Å². The van der Waals surface area contributed by atoms with Gasteiger partial charge in [-0.25, -0.2) is 9.18 Å². The highest BCUT2D eigenvalue weighted by Gasteiger charge is 2.39. The molecule has 0 aromatic heterocycles. The first-order valence-electron chi connectivity index (χ1n) is 12.0. The molecule has 41 heavy (non-hydrogen) atoms. The third-order valence-corrected chi connectivity index (χ3v) is 7.36. The molecule has 0 saturated carbocycles. The fraction of sp³-hybridized carbons (Fsp3) is 0.154. The summed E-state index contributed by atoms with van der Waals surface area (Å²) in [6.45, 7) is 1.71. The van der Waals surface area contributed by atoms with E-state index >= 15 is 0 Å². The molecule has 1 aliphatic heterocycles. The molecule has 2 amide bonds. The maximum atomic E-state index is 14.7. The van der Waals surface area contributed by atoms with E-state index in [4.69, 9.17) is 4.65 Å². The van der Waals surface area contributed by atoms with Gasteiger partial charge in [-0.15, -0.1) is 0 Å². The number of para-hydroxylation sites is 1. The summed E-state index contributed by atoms with van der Waals surface area (Å²) < 4.78 is 31.7. The monoisotopic (exact) mass is 581 g/mol. The lowest BCUT2D eigenvalue weighted by atomic mass is 9.72. The van der Waals surface area contributed by atoms with Gasteiger partial charge in [0.2, 0.25) is 5.91 Å². The molecule has 0 unspecified atom stereocenters. The third-order valence-electron chi connectivity index (χ3n) is 6.37. The molecule has 210 valence electrons. The summed E-state index contributed by atoms with van der Waals surface area (Å²) in [6.07, 6.45) is -0.0634. The molecular weight excluding hydrogens is 559 g/mol. The normalized spacial score (nSPS) is 15.1. The van der Waals surface area contributed by atoms with Gasteiger partial charge < -0.3 is 35.2 Å². The van der Waals surface area contributed by atoms with E-state index in [0.29, 0.717) is 17.2 Å². The number of aryl methyl sites for hydroxylation is 1. The van der Waals surface area contributed by atoms with Crippen LogP contribution in [0.3, 0.4) is 0 Å². The number of nitrogens with zero attached hydrogens (tertiary/aromatic N) is 1. The fourth-order valence-corrected chi connectivity index (χ4v) is 4.99. The van der Waals surface area contributed by atoms with Crippen molar-refractivity contribution in [2.75, 3.05) is 0 Å². The number of carbonyl (C=O) groups excluding carboxylic acids is 2. The van der Waals surface area contributed by atoms with Crippen molar-refractivity contribution in [2.24, 2.45) is 0 Å². The Morgan fingerprint density at radius 3 is 2.51 bits per heavy atom. The van der Waals surface area contributed by atoms with E-state index in [-0.39, 0.29) is 34.4 Å². The van der Waals surface area contributed by atoms with Gasteiger partial charge in [-0.2, -0.15) is 5.26 Å².